The van der Waals surface area contributed by atoms with Crippen molar-refractivity contribution in [3.63, 3.8) is 0 Å². The molecule has 1 aliphatic rings. The van der Waals surface area contributed by atoms with Crippen molar-refractivity contribution in [3.8, 4) is 17.2 Å². The van der Waals surface area contributed by atoms with Crippen molar-refractivity contribution in [3.05, 3.63) is 46.5 Å². The van der Waals surface area contributed by atoms with Crippen LogP contribution in [0.5, 0.6) is 17.2 Å². The fourth-order valence-electron chi connectivity index (χ4n) is 3.11. The van der Waals surface area contributed by atoms with Gasteiger partial charge in [-0.25, -0.2) is 9.59 Å². The summed E-state index contributed by atoms with van der Waals surface area (Å²) in [5.74, 6) is 2.19. The van der Waals surface area contributed by atoms with Crippen LogP contribution in [-0.4, -0.2) is 44.3 Å². The van der Waals surface area contributed by atoms with Gasteiger partial charge in [-0.05, 0) is 19.1 Å². The summed E-state index contributed by atoms with van der Waals surface area (Å²) in [6.07, 6.45) is 1.29. The van der Waals surface area contributed by atoms with E-state index in [1.165, 1.54) is 6.07 Å². The van der Waals surface area contributed by atoms with Crippen molar-refractivity contribution in [2.75, 3.05) is 32.6 Å². The van der Waals surface area contributed by atoms with Gasteiger partial charge in [0.15, 0.2) is 0 Å². The Labute approximate surface area is 163 Å². The SMILES string of the molecule is COc1ccc(NC(=O)N2CCC(Oc3cc(C)oc(=O)c3)CC2)c(OC)c1. The van der Waals surface area contributed by atoms with Gasteiger partial charge in [-0.3, -0.25) is 0 Å². The number of nitrogens with zero attached hydrogens (tertiary/aromatic N) is 1. The molecule has 1 aliphatic heterocycles. The van der Waals surface area contributed by atoms with Crippen molar-refractivity contribution in [1.82, 2.24) is 4.90 Å². The standard InChI is InChI=1S/C20H24N2O6/c1-13-10-16(12-19(23)27-13)28-14-6-8-22(9-7-14)20(24)21-17-5-4-15(25-2)11-18(17)26-3/h4-5,10-12,14H,6-9H2,1-3H3,(H,21,24). The maximum Gasteiger partial charge on any atom is 0.339 e. The first-order valence-corrected chi connectivity index (χ1v) is 9.05. The molecule has 150 valence electrons. The molecule has 0 saturated carbocycles. The van der Waals surface area contributed by atoms with Gasteiger partial charge in [-0.15, -0.1) is 0 Å². The molecule has 1 aromatic carbocycles. The summed E-state index contributed by atoms with van der Waals surface area (Å²) in [6, 6.07) is 8.05. The molecule has 0 aliphatic carbocycles. The number of hydrogen-bond acceptors (Lipinski definition) is 6. The highest BCUT2D eigenvalue weighted by Gasteiger charge is 2.25. The molecule has 1 N–H and O–H groups in total. The maximum absolute atomic E-state index is 12.6. The number of rotatable bonds is 5. The monoisotopic (exact) mass is 388 g/mol. The van der Waals surface area contributed by atoms with Gasteiger partial charge in [0.05, 0.1) is 26.0 Å². The molecule has 28 heavy (non-hydrogen) atoms. The number of piperidine rings is 1. The van der Waals surface area contributed by atoms with E-state index in [9.17, 15) is 9.59 Å². The van der Waals surface area contributed by atoms with E-state index in [0.29, 0.717) is 54.6 Å². The molecule has 8 heteroatoms. The van der Waals surface area contributed by atoms with Gasteiger partial charge in [-0.1, -0.05) is 0 Å². The molecule has 8 nitrogen and oxygen atoms in total. The van der Waals surface area contributed by atoms with Crippen LogP contribution >= 0.6 is 0 Å². The Kier molecular flexibility index (Phi) is 6.08. The number of likely N-dealkylation sites (tertiary alicyclic amines) is 1. The zero-order chi connectivity index (χ0) is 20.1. The number of aryl methyl sites for hydroxylation is 1. The van der Waals surface area contributed by atoms with Gasteiger partial charge in [0.2, 0.25) is 0 Å². The minimum absolute atomic E-state index is 0.0548. The number of hydrogen-bond donors (Lipinski definition) is 1. The van der Waals surface area contributed by atoms with Crippen LogP contribution in [0.1, 0.15) is 18.6 Å². The van der Waals surface area contributed by atoms with Crippen LogP contribution in [0, 0.1) is 6.92 Å². The number of benzene rings is 1. The van der Waals surface area contributed by atoms with Crippen molar-refractivity contribution < 1.29 is 23.4 Å². The first-order valence-electron chi connectivity index (χ1n) is 9.05. The molecule has 0 atom stereocenters. The first-order chi connectivity index (χ1) is 13.5. The van der Waals surface area contributed by atoms with Gasteiger partial charge in [0, 0.05) is 38.1 Å². The number of carbonyl (C=O) groups excluding carboxylic acids is 1. The van der Waals surface area contributed by atoms with Crippen molar-refractivity contribution in [2.24, 2.45) is 0 Å². The lowest BCUT2D eigenvalue weighted by molar-refractivity contribution is 0.114. The summed E-state index contributed by atoms with van der Waals surface area (Å²) in [5, 5.41) is 2.87. The average Bonchev–Trinajstić information content (AvgIpc) is 2.68. The van der Waals surface area contributed by atoms with Crippen LogP contribution in [0.25, 0.3) is 0 Å². The molecular weight excluding hydrogens is 364 g/mol. The molecule has 0 radical (unpaired) electrons. The third kappa shape index (κ3) is 4.76. The fraction of sp³-hybridized carbons (Fsp3) is 0.400. The van der Waals surface area contributed by atoms with E-state index in [4.69, 9.17) is 18.6 Å². The van der Waals surface area contributed by atoms with Gasteiger partial charge in [0.1, 0.15) is 29.1 Å². The summed E-state index contributed by atoms with van der Waals surface area (Å²) in [6.45, 7) is 2.80. The zero-order valence-electron chi connectivity index (χ0n) is 16.2. The number of anilines is 1. The van der Waals surface area contributed by atoms with Crippen LogP contribution in [0.2, 0.25) is 0 Å². The minimum atomic E-state index is -0.430. The number of methoxy groups -OCH3 is 2. The fourth-order valence-corrected chi connectivity index (χ4v) is 3.11. The van der Waals surface area contributed by atoms with E-state index in [-0.39, 0.29) is 12.1 Å². The molecule has 1 aromatic heterocycles. The molecule has 0 unspecified atom stereocenters. The Bertz CT molecular complexity index is 887. The Morgan fingerprint density at radius 3 is 2.50 bits per heavy atom. The molecule has 3 rings (SSSR count). The normalized spacial score (nSPS) is 14.5. The van der Waals surface area contributed by atoms with E-state index in [1.54, 1.807) is 50.3 Å². The molecule has 0 bridgehead atoms. The Hall–Kier alpha value is -3.16. The highest BCUT2D eigenvalue weighted by Crippen LogP contribution is 2.29. The number of ether oxygens (including phenoxy) is 3. The van der Waals surface area contributed by atoms with Crippen LogP contribution in [-0.2, 0) is 0 Å². The zero-order valence-corrected chi connectivity index (χ0v) is 16.2. The molecule has 2 aromatic rings. The topological polar surface area (TPSA) is 90.2 Å². The Morgan fingerprint density at radius 2 is 1.86 bits per heavy atom. The summed E-state index contributed by atoms with van der Waals surface area (Å²) in [5.41, 5.74) is 0.151. The van der Waals surface area contributed by atoms with E-state index >= 15 is 0 Å². The first kappa shape index (κ1) is 19.6. The third-order valence-electron chi connectivity index (χ3n) is 4.55. The summed E-state index contributed by atoms with van der Waals surface area (Å²) >= 11 is 0. The van der Waals surface area contributed by atoms with E-state index in [2.05, 4.69) is 5.32 Å². The van der Waals surface area contributed by atoms with Crippen LogP contribution in [0.3, 0.4) is 0 Å². The largest absolute Gasteiger partial charge is 0.497 e. The maximum atomic E-state index is 12.6. The lowest BCUT2D eigenvalue weighted by Gasteiger charge is -2.32. The van der Waals surface area contributed by atoms with E-state index < -0.39 is 5.63 Å². The second-order valence-corrected chi connectivity index (χ2v) is 6.52. The molecule has 2 heterocycles. The quantitative estimate of drug-likeness (QED) is 0.847. The molecule has 2 amide bonds. The highest BCUT2D eigenvalue weighted by molar-refractivity contribution is 5.91. The van der Waals surface area contributed by atoms with Crippen LogP contribution < -0.4 is 25.2 Å². The summed E-state index contributed by atoms with van der Waals surface area (Å²) in [4.78, 5) is 25.7. The Morgan fingerprint density at radius 1 is 1.11 bits per heavy atom. The lowest BCUT2D eigenvalue weighted by Crippen LogP contribution is -2.43. The van der Waals surface area contributed by atoms with Crippen LogP contribution in [0.15, 0.2) is 39.5 Å². The van der Waals surface area contributed by atoms with Crippen molar-refractivity contribution in [2.45, 2.75) is 25.9 Å². The molecule has 0 spiro atoms. The molecule has 1 fully saturated rings. The average molecular weight is 388 g/mol. The van der Waals surface area contributed by atoms with Crippen LogP contribution in [0.4, 0.5) is 10.5 Å². The predicted molar refractivity (Wildman–Crippen MR) is 104 cm³/mol. The third-order valence-corrected chi connectivity index (χ3v) is 4.55. The second-order valence-electron chi connectivity index (χ2n) is 6.52. The lowest BCUT2D eigenvalue weighted by atomic mass is 10.1. The smallest absolute Gasteiger partial charge is 0.339 e. The predicted octanol–water partition coefficient (Wildman–Crippen LogP) is 3.04. The number of amides is 2. The molecule has 1 saturated heterocycles. The highest BCUT2D eigenvalue weighted by atomic mass is 16.5. The van der Waals surface area contributed by atoms with Gasteiger partial charge in [0.25, 0.3) is 0 Å². The van der Waals surface area contributed by atoms with E-state index in [1.807, 2.05) is 0 Å². The summed E-state index contributed by atoms with van der Waals surface area (Å²) in [7, 11) is 3.11. The Balaban J connectivity index is 1.56. The second kappa shape index (κ2) is 8.69. The van der Waals surface area contributed by atoms with Gasteiger partial charge >= 0.3 is 11.7 Å². The number of urea groups is 1. The van der Waals surface area contributed by atoms with Gasteiger partial charge in [-0.2, -0.15) is 0 Å². The number of carbonyl (C=O) groups is 1. The van der Waals surface area contributed by atoms with Gasteiger partial charge < -0.3 is 28.8 Å². The minimum Gasteiger partial charge on any atom is -0.497 e. The van der Waals surface area contributed by atoms with E-state index in [0.717, 1.165) is 0 Å². The summed E-state index contributed by atoms with van der Waals surface area (Å²) < 4.78 is 21.3. The van der Waals surface area contributed by atoms with Crippen molar-refractivity contribution in [1.29, 1.82) is 0 Å². The molecular formula is C20H24N2O6. The number of nitrogens with one attached hydrogen (secondary N) is 1. The van der Waals surface area contributed by atoms with Crippen molar-refractivity contribution >= 4 is 11.7 Å².